The van der Waals surface area contributed by atoms with Crippen molar-refractivity contribution in [2.45, 2.75) is 0 Å². The van der Waals surface area contributed by atoms with E-state index in [4.69, 9.17) is 11.6 Å². The third kappa shape index (κ3) is 1.55. The van der Waals surface area contributed by atoms with Crippen LogP contribution in [0, 0.1) is 0 Å². The largest absolute Gasteiger partial charge is 0.135 e. The van der Waals surface area contributed by atoms with Crippen LogP contribution in [-0.2, 0) is 0 Å². The number of hydrogen-bond donors (Lipinski definition) is 0. The Bertz CT molecular complexity index is 1150. The van der Waals surface area contributed by atoms with Crippen molar-refractivity contribution in [2.24, 2.45) is 0 Å². The maximum absolute atomic E-state index is 6.55. The maximum Gasteiger partial charge on any atom is 0.0599 e. The minimum absolute atomic E-state index is 0.866. The first kappa shape index (κ1) is 12.0. The average Bonchev–Trinajstić information content (AvgIpc) is 3.05. The van der Waals surface area contributed by atoms with E-state index in [2.05, 4.69) is 54.6 Å². The van der Waals surface area contributed by atoms with Gasteiger partial charge < -0.3 is 0 Å². The van der Waals surface area contributed by atoms with Crippen LogP contribution in [0.3, 0.4) is 0 Å². The van der Waals surface area contributed by atoms with Crippen molar-refractivity contribution < 1.29 is 0 Å². The Labute approximate surface area is 134 Å². The van der Waals surface area contributed by atoms with Crippen molar-refractivity contribution in [3.8, 4) is 0 Å². The van der Waals surface area contributed by atoms with Crippen LogP contribution in [0.2, 0.25) is 5.02 Å². The number of thiophene rings is 2. The fraction of sp³-hybridized carbons (Fsp3) is 0. The van der Waals surface area contributed by atoms with Crippen LogP contribution in [-0.4, -0.2) is 0 Å². The molecule has 3 aromatic carbocycles. The highest BCUT2D eigenvalue weighted by Crippen LogP contribution is 2.47. The van der Waals surface area contributed by atoms with Crippen LogP contribution in [0.25, 0.3) is 40.3 Å². The SMILES string of the molecule is Clc1cc2sc3ccccc3c2c2c1sc1ccccc12. The van der Waals surface area contributed by atoms with Gasteiger partial charge >= 0.3 is 0 Å². The second-order valence-electron chi connectivity index (χ2n) is 5.13. The van der Waals surface area contributed by atoms with E-state index in [0.717, 1.165) is 5.02 Å². The van der Waals surface area contributed by atoms with E-state index in [0.29, 0.717) is 0 Å². The van der Waals surface area contributed by atoms with Crippen molar-refractivity contribution in [1.82, 2.24) is 0 Å². The van der Waals surface area contributed by atoms with E-state index in [1.54, 1.807) is 11.3 Å². The molecule has 5 aromatic rings. The van der Waals surface area contributed by atoms with Crippen LogP contribution in [0.1, 0.15) is 0 Å². The summed E-state index contributed by atoms with van der Waals surface area (Å²) in [5.41, 5.74) is 0. The minimum Gasteiger partial charge on any atom is -0.135 e. The molecule has 21 heavy (non-hydrogen) atoms. The van der Waals surface area contributed by atoms with Gasteiger partial charge in [0, 0.05) is 35.6 Å². The lowest BCUT2D eigenvalue weighted by molar-refractivity contribution is 1.86. The highest BCUT2D eigenvalue weighted by molar-refractivity contribution is 7.28. The number of halogens is 1. The van der Waals surface area contributed by atoms with Gasteiger partial charge in [-0.1, -0.05) is 48.0 Å². The summed E-state index contributed by atoms with van der Waals surface area (Å²) in [7, 11) is 0. The number of fused-ring (bicyclic) bond motifs is 7. The molecule has 0 aliphatic heterocycles. The monoisotopic (exact) mass is 324 g/mol. The van der Waals surface area contributed by atoms with Gasteiger partial charge in [0.15, 0.2) is 0 Å². The molecule has 0 aliphatic carbocycles. The Morgan fingerprint density at radius 1 is 0.667 bits per heavy atom. The summed E-state index contributed by atoms with van der Waals surface area (Å²) in [4.78, 5) is 0. The average molecular weight is 325 g/mol. The molecule has 0 N–H and O–H groups in total. The molecule has 100 valence electrons. The first-order valence-electron chi connectivity index (χ1n) is 6.74. The number of rotatable bonds is 0. The van der Waals surface area contributed by atoms with Crippen molar-refractivity contribution in [3.63, 3.8) is 0 Å². The number of benzene rings is 3. The molecule has 5 rings (SSSR count). The first-order valence-corrected chi connectivity index (χ1v) is 8.75. The van der Waals surface area contributed by atoms with Gasteiger partial charge in [-0.15, -0.1) is 22.7 Å². The molecular formula is C18H9ClS2. The summed E-state index contributed by atoms with van der Waals surface area (Å²) in [6.45, 7) is 0. The Hall–Kier alpha value is -1.61. The van der Waals surface area contributed by atoms with E-state index in [-0.39, 0.29) is 0 Å². The van der Waals surface area contributed by atoms with Crippen LogP contribution in [0.4, 0.5) is 0 Å². The predicted octanol–water partition coefficient (Wildman–Crippen LogP) is 7.08. The molecule has 0 saturated heterocycles. The molecule has 0 unspecified atom stereocenters. The van der Waals surface area contributed by atoms with Gasteiger partial charge in [0.1, 0.15) is 0 Å². The Morgan fingerprint density at radius 2 is 1.29 bits per heavy atom. The van der Waals surface area contributed by atoms with Gasteiger partial charge in [0.05, 0.1) is 9.72 Å². The zero-order chi connectivity index (χ0) is 14.0. The van der Waals surface area contributed by atoms with Crippen LogP contribution >= 0.6 is 34.3 Å². The van der Waals surface area contributed by atoms with Crippen molar-refractivity contribution >= 4 is 74.6 Å². The molecule has 0 bridgehead atoms. The molecule has 0 aliphatic rings. The second kappa shape index (κ2) is 4.20. The third-order valence-corrected chi connectivity index (χ3v) is 6.67. The lowest BCUT2D eigenvalue weighted by atomic mass is 10.1. The Kier molecular flexibility index (Phi) is 2.40. The molecule has 0 atom stereocenters. The molecule has 2 heterocycles. The molecule has 0 radical (unpaired) electrons. The summed E-state index contributed by atoms with van der Waals surface area (Å²) in [6, 6.07) is 19.3. The van der Waals surface area contributed by atoms with E-state index >= 15 is 0 Å². The Morgan fingerprint density at radius 3 is 2.05 bits per heavy atom. The summed E-state index contributed by atoms with van der Waals surface area (Å²) in [5, 5.41) is 6.18. The molecule has 3 heteroatoms. The third-order valence-electron chi connectivity index (χ3n) is 3.94. The van der Waals surface area contributed by atoms with E-state index in [1.165, 1.54) is 40.3 Å². The van der Waals surface area contributed by atoms with Gasteiger partial charge in [0.25, 0.3) is 0 Å². The molecule has 0 saturated carbocycles. The van der Waals surface area contributed by atoms with Crippen LogP contribution in [0.5, 0.6) is 0 Å². The van der Waals surface area contributed by atoms with Gasteiger partial charge in [-0.25, -0.2) is 0 Å². The highest BCUT2D eigenvalue weighted by atomic mass is 35.5. The highest BCUT2D eigenvalue weighted by Gasteiger charge is 2.15. The lowest BCUT2D eigenvalue weighted by Gasteiger charge is -1.99. The smallest absolute Gasteiger partial charge is 0.0599 e. The van der Waals surface area contributed by atoms with Gasteiger partial charge in [0.2, 0.25) is 0 Å². The van der Waals surface area contributed by atoms with E-state index in [1.807, 2.05) is 11.3 Å². The molecule has 0 fully saturated rings. The number of hydrogen-bond acceptors (Lipinski definition) is 2. The fourth-order valence-corrected chi connectivity index (χ4v) is 5.72. The Balaban J connectivity index is 2.21. The lowest BCUT2D eigenvalue weighted by Crippen LogP contribution is -1.72. The summed E-state index contributed by atoms with van der Waals surface area (Å²) in [5.74, 6) is 0. The van der Waals surface area contributed by atoms with E-state index in [9.17, 15) is 0 Å². The van der Waals surface area contributed by atoms with E-state index < -0.39 is 0 Å². The molecular weight excluding hydrogens is 316 g/mol. The fourth-order valence-electron chi connectivity index (χ4n) is 3.07. The topological polar surface area (TPSA) is 0 Å². The van der Waals surface area contributed by atoms with Crippen LogP contribution < -0.4 is 0 Å². The molecule has 0 amide bonds. The quantitative estimate of drug-likeness (QED) is 0.285. The maximum atomic E-state index is 6.55. The predicted molar refractivity (Wildman–Crippen MR) is 97.2 cm³/mol. The van der Waals surface area contributed by atoms with Gasteiger partial charge in [-0.05, 0) is 18.2 Å². The zero-order valence-electron chi connectivity index (χ0n) is 10.9. The summed E-state index contributed by atoms with van der Waals surface area (Å²) >= 11 is 10.2. The second-order valence-corrected chi connectivity index (χ2v) is 7.68. The summed E-state index contributed by atoms with van der Waals surface area (Å²) in [6.07, 6.45) is 0. The van der Waals surface area contributed by atoms with Gasteiger partial charge in [-0.3, -0.25) is 0 Å². The molecule has 0 spiro atoms. The standard InChI is InChI=1S/C18H9ClS2/c19-12-9-15-16(10-5-1-3-7-13(10)20-15)17-11-6-2-4-8-14(11)21-18(12)17/h1-9H. The zero-order valence-corrected chi connectivity index (χ0v) is 13.3. The molecule has 2 aromatic heterocycles. The first-order chi connectivity index (χ1) is 10.3. The minimum atomic E-state index is 0.866. The summed E-state index contributed by atoms with van der Waals surface area (Å²) < 4.78 is 5.11. The van der Waals surface area contributed by atoms with Crippen molar-refractivity contribution in [1.29, 1.82) is 0 Å². The normalized spacial score (nSPS) is 12.0. The van der Waals surface area contributed by atoms with Crippen molar-refractivity contribution in [3.05, 3.63) is 59.6 Å². The van der Waals surface area contributed by atoms with Crippen LogP contribution in [0.15, 0.2) is 54.6 Å². The molecule has 0 nitrogen and oxygen atoms in total. The van der Waals surface area contributed by atoms with Crippen molar-refractivity contribution in [2.75, 3.05) is 0 Å². The van der Waals surface area contributed by atoms with Gasteiger partial charge in [-0.2, -0.15) is 0 Å².